The first-order chi connectivity index (χ1) is 13.4. The van der Waals surface area contributed by atoms with E-state index >= 15 is 0 Å². The second-order valence-corrected chi connectivity index (χ2v) is 8.36. The highest BCUT2D eigenvalue weighted by Crippen LogP contribution is 2.44. The summed E-state index contributed by atoms with van der Waals surface area (Å²) < 4.78 is 39.7. The van der Waals surface area contributed by atoms with Crippen LogP contribution in [0.1, 0.15) is 31.4 Å². The van der Waals surface area contributed by atoms with E-state index in [4.69, 9.17) is 0 Å². The van der Waals surface area contributed by atoms with E-state index in [2.05, 4.69) is 15.3 Å². The molecule has 1 heterocycles. The van der Waals surface area contributed by atoms with Crippen molar-refractivity contribution >= 4 is 17.7 Å². The van der Waals surface area contributed by atoms with Gasteiger partial charge in [-0.1, -0.05) is 48.5 Å². The Hall–Kier alpha value is -2.09. The molecule has 2 fully saturated rings. The molecule has 0 aliphatic heterocycles. The van der Waals surface area contributed by atoms with E-state index in [0.717, 1.165) is 30.7 Å². The van der Waals surface area contributed by atoms with E-state index in [9.17, 15) is 18.0 Å². The second kappa shape index (κ2) is 7.73. The van der Waals surface area contributed by atoms with Crippen LogP contribution in [-0.4, -0.2) is 27.7 Å². The minimum Gasteiger partial charge on any atom is -0.352 e. The molecule has 4 nitrogen and oxygen atoms in total. The molecule has 2 aromatic rings. The first kappa shape index (κ1) is 19.2. The van der Waals surface area contributed by atoms with E-state index in [1.807, 2.05) is 0 Å². The van der Waals surface area contributed by atoms with Crippen LogP contribution in [0.3, 0.4) is 0 Å². The summed E-state index contributed by atoms with van der Waals surface area (Å²) in [6.07, 6.45) is 0.00767. The molecule has 0 spiro atoms. The summed E-state index contributed by atoms with van der Waals surface area (Å²) in [6.45, 7) is 0. The Balaban J connectivity index is 1.46. The largest absolute Gasteiger partial charge is 0.433 e. The van der Waals surface area contributed by atoms with Crippen molar-refractivity contribution in [3.05, 3.63) is 42.1 Å². The molecule has 28 heavy (non-hydrogen) atoms. The van der Waals surface area contributed by atoms with Gasteiger partial charge in [0.05, 0.1) is 11.4 Å². The molecule has 1 aromatic heterocycles. The third-order valence-corrected chi connectivity index (χ3v) is 6.33. The number of carbonyl (C=O) groups excluding carboxylic acids is 1. The molecule has 4 rings (SSSR count). The third kappa shape index (κ3) is 4.32. The van der Waals surface area contributed by atoms with Gasteiger partial charge in [0.1, 0.15) is 5.69 Å². The third-order valence-electron chi connectivity index (χ3n) is 5.48. The number of nitrogens with zero attached hydrogens (tertiary/aromatic N) is 2. The number of hydrogen-bond acceptors (Lipinski definition) is 4. The van der Waals surface area contributed by atoms with Crippen LogP contribution in [0.4, 0.5) is 13.2 Å². The monoisotopic (exact) mass is 407 g/mol. The average molecular weight is 407 g/mol. The molecule has 3 atom stereocenters. The Morgan fingerprint density at radius 2 is 1.93 bits per heavy atom. The van der Waals surface area contributed by atoms with Crippen molar-refractivity contribution < 1.29 is 18.0 Å². The van der Waals surface area contributed by atoms with Gasteiger partial charge >= 0.3 is 6.18 Å². The van der Waals surface area contributed by atoms with Crippen molar-refractivity contribution in [2.75, 3.05) is 5.75 Å². The minimum absolute atomic E-state index is 0.00340. The van der Waals surface area contributed by atoms with Crippen LogP contribution in [0.15, 0.2) is 41.6 Å². The number of carbonyl (C=O) groups is 1. The summed E-state index contributed by atoms with van der Waals surface area (Å²) in [4.78, 5) is 20.1. The predicted octanol–water partition coefficient (Wildman–Crippen LogP) is 4.56. The van der Waals surface area contributed by atoms with Crippen LogP contribution in [0.2, 0.25) is 0 Å². The molecular formula is C20H20F3N3OS. The molecule has 1 amide bonds. The summed E-state index contributed by atoms with van der Waals surface area (Å²) in [5.74, 6) is 1.09. The van der Waals surface area contributed by atoms with Crippen LogP contribution >= 0.6 is 11.8 Å². The topological polar surface area (TPSA) is 54.9 Å². The molecule has 1 N–H and O–H groups in total. The van der Waals surface area contributed by atoms with Crippen LogP contribution in [0, 0.1) is 11.8 Å². The number of benzene rings is 1. The quantitative estimate of drug-likeness (QED) is 0.583. The zero-order valence-corrected chi connectivity index (χ0v) is 15.9. The van der Waals surface area contributed by atoms with E-state index in [1.165, 1.54) is 12.8 Å². The summed E-state index contributed by atoms with van der Waals surface area (Å²) >= 11 is 0.937. The lowest BCUT2D eigenvalue weighted by atomic mass is 9.95. The molecular weight excluding hydrogens is 387 g/mol. The first-order valence-corrected chi connectivity index (χ1v) is 10.3. The molecule has 2 saturated carbocycles. The maximum Gasteiger partial charge on any atom is 0.433 e. The molecule has 0 unspecified atom stereocenters. The van der Waals surface area contributed by atoms with Crippen molar-refractivity contribution in [2.45, 2.75) is 43.1 Å². The SMILES string of the molecule is O=C(CSc1nc(-c2ccccc2)cc(C(F)(F)F)n1)N[C@H]1C[C@@H]2CC[C@@H]1C2. The molecule has 1 aromatic carbocycles. The number of alkyl halides is 3. The maximum absolute atomic E-state index is 13.2. The maximum atomic E-state index is 13.2. The van der Waals surface area contributed by atoms with E-state index in [-0.39, 0.29) is 28.6 Å². The number of rotatable bonds is 5. The van der Waals surface area contributed by atoms with Crippen LogP contribution in [0.25, 0.3) is 11.3 Å². The van der Waals surface area contributed by atoms with Crippen molar-refractivity contribution in [2.24, 2.45) is 11.8 Å². The summed E-state index contributed by atoms with van der Waals surface area (Å²) in [5, 5.41) is 2.99. The van der Waals surface area contributed by atoms with Gasteiger partial charge < -0.3 is 5.32 Å². The van der Waals surface area contributed by atoms with Crippen LogP contribution < -0.4 is 5.32 Å². The van der Waals surface area contributed by atoms with Crippen LogP contribution in [0.5, 0.6) is 0 Å². The first-order valence-electron chi connectivity index (χ1n) is 9.32. The molecule has 2 bridgehead atoms. The van der Waals surface area contributed by atoms with Gasteiger partial charge in [0, 0.05) is 11.6 Å². The highest BCUT2D eigenvalue weighted by Gasteiger charge is 2.40. The standard InChI is InChI=1S/C20H20F3N3OS/c21-20(22,23)17-10-16(13-4-2-1-3-5-13)25-19(26-17)28-11-18(27)24-15-9-12-6-7-14(15)8-12/h1-5,10,12,14-15H,6-9,11H2,(H,24,27)/t12-,14-,15+/m1/s1. The Morgan fingerprint density at radius 3 is 2.57 bits per heavy atom. The number of fused-ring (bicyclic) bond motifs is 2. The highest BCUT2D eigenvalue weighted by molar-refractivity contribution is 7.99. The van der Waals surface area contributed by atoms with E-state index in [0.29, 0.717) is 17.4 Å². The zero-order valence-electron chi connectivity index (χ0n) is 15.1. The Bertz CT molecular complexity index is 860. The number of nitrogens with one attached hydrogen (secondary N) is 1. The van der Waals surface area contributed by atoms with Gasteiger partial charge in [0.2, 0.25) is 5.91 Å². The Labute approximate surface area is 165 Å². The summed E-state index contributed by atoms with van der Waals surface area (Å²) in [6, 6.07) is 9.78. The van der Waals surface area contributed by atoms with Gasteiger partial charge in [0.15, 0.2) is 5.16 Å². The fraction of sp³-hybridized carbons (Fsp3) is 0.450. The highest BCUT2D eigenvalue weighted by atomic mass is 32.2. The number of amides is 1. The number of thioether (sulfide) groups is 1. The van der Waals surface area contributed by atoms with Gasteiger partial charge in [-0.15, -0.1) is 0 Å². The fourth-order valence-electron chi connectivity index (χ4n) is 4.19. The number of halogens is 3. The molecule has 2 aliphatic rings. The molecule has 8 heteroatoms. The lowest BCUT2D eigenvalue weighted by Gasteiger charge is -2.22. The van der Waals surface area contributed by atoms with Crippen molar-refractivity contribution in [1.29, 1.82) is 0 Å². The predicted molar refractivity (Wildman–Crippen MR) is 101 cm³/mol. The van der Waals surface area contributed by atoms with Gasteiger partial charge in [-0.25, -0.2) is 9.97 Å². The van der Waals surface area contributed by atoms with E-state index in [1.54, 1.807) is 30.3 Å². The number of hydrogen-bond donors (Lipinski definition) is 1. The molecule has 2 aliphatic carbocycles. The lowest BCUT2D eigenvalue weighted by molar-refractivity contribution is -0.141. The van der Waals surface area contributed by atoms with Gasteiger partial charge in [-0.3, -0.25) is 4.79 Å². The lowest BCUT2D eigenvalue weighted by Crippen LogP contribution is -2.39. The zero-order chi connectivity index (χ0) is 19.7. The second-order valence-electron chi connectivity index (χ2n) is 7.42. The summed E-state index contributed by atoms with van der Waals surface area (Å²) in [5.41, 5.74) is -0.236. The van der Waals surface area contributed by atoms with Crippen molar-refractivity contribution in [3.63, 3.8) is 0 Å². The molecule has 148 valence electrons. The summed E-state index contributed by atoms with van der Waals surface area (Å²) in [7, 11) is 0. The molecule has 0 radical (unpaired) electrons. The van der Waals surface area contributed by atoms with E-state index < -0.39 is 11.9 Å². The normalized spacial score (nSPS) is 23.8. The Kier molecular flexibility index (Phi) is 5.31. The Morgan fingerprint density at radius 1 is 1.14 bits per heavy atom. The van der Waals surface area contributed by atoms with Crippen molar-refractivity contribution in [1.82, 2.24) is 15.3 Å². The van der Waals surface area contributed by atoms with Gasteiger partial charge in [0.25, 0.3) is 0 Å². The fourth-order valence-corrected chi connectivity index (χ4v) is 4.86. The smallest absolute Gasteiger partial charge is 0.352 e. The molecule has 0 saturated heterocycles. The van der Waals surface area contributed by atoms with Gasteiger partial charge in [-0.05, 0) is 37.2 Å². The van der Waals surface area contributed by atoms with Crippen molar-refractivity contribution in [3.8, 4) is 11.3 Å². The minimum atomic E-state index is -4.58. The van der Waals surface area contributed by atoms with Gasteiger partial charge in [-0.2, -0.15) is 13.2 Å². The number of aromatic nitrogens is 2. The van der Waals surface area contributed by atoms with Crippen LogP contribution in [-0.2, 0) is 11.0 Å². The average Bonchev–Trinajstić information content (AvgIpc) is 3.29.